The summed E-state index contributed by atoms with van der Waals surface area (Å²) in [6, 6.07) is 7.32. The van der Waals surface area contributed by atoms with Crippen molar-refractivity contribution in [2.75, 3.05) is 0 Å². The predicted molar refractivity (Wildman–Crippen MR) is 57.5 cm³/mol. The summed E-state index contributed by atoms with van der Waals surface area (Å²) in [5, 5.41) is 5.89. The highest BCUT2D eigenvalue weighted by molar-refractivity contribution is 9.10. The molecule has 4 nitrogen and oxygen atoms in total. The molecule has 1 aromatic heterocycles. The minimum Gasteiger partial charge on any atom is -0.388 e. The van der Waals surface area contributed by atoms with Crippen molar-refractivity contribution in [3.8, 4) is 11.5 Å². The van der Waals surface area contributed by atoms with Gasteiger partial charge in [0.15, 0.2) is 0 Å². The van der Waals surface area contributed by atoms with Crippen molar-refractivity contribution >= 4 is 28.3 Å². The maximum absolute atomic E-state index is 10.6. The maximum Gasteiger partial charge on any atom is 0.434 e. The van der Waals surface area contributed by atoms with E-state index in [1.807, 2.05) is 24.3 Å². The molecule has 2 rings (SSSR count). The van der Waals surface area contributed by atoms with Gasteiger partial charge in [0, 0.05) is 10.0 Å². The molecule has 0 aliphatic rings. The number of aromatic amines is 1. The Morgan fingerprint density at radius 3 is 2.43 bits per heavy atom. The van der Waals surface area contributed by atoms with Crippen LogP contribution < -0.4 is 5.76 Å². The fraction of sp³-hybridized carbons (Fsp3) is 0. The summed E-state index contributed by atoms with van der Waals surface area (Å²) in [7, 11) is 0. The fourth-order valence-corrected chi connectivity index (χ4v) is 1.21. The number of rotatable bonds is 1. The standard InChI is InChI=1S/C8H5BrN2O2.ClH/c9-6-3-1-5(2-4-6)7-10-11-8(12)13-7;/h1-4H,(H,11,12);1H. The number of benzene rings is 1. The molecule has 0 bridgehead atoms. The van der Waals surface area contributed by atoms with E-state index in [2.05, 4.69) is 26.1 Å². The van der Waals surface area contributed by atoms with Crippen molar-refractivity contribution in [1.82, 2.24) is 10.2 Å². The van der Waals surface area contributed by atoms with E-state index in [0.717, 1.165) is 10.0 Å². The van der Waals surface area contributed by atoms with E-state index >= 15 is 0 Å². The van der Waals surface area contributed by atoms with Crippen LogP contribution in [0.1, 0.15) is 0 Å². The van der Waals surface area contributed by atoms with Crippen LogP contribution >= 0.6 is 28.3 Å². The van der Waals surface area contributed by atoms with E-state index in [0.29, 0.717) is 5.89 Å². The minimum atomic E-state index is -0.544. The quantitative estimate of drug-likeness (QED) is 0.869. The molecule has 0 unspecified atom stereocenters. The third-order valence-electron chi connectivity index (χ3n) is 1.53. The number of nitrogens with zero attached hydrogens (tertiary/aromatic N) is 1. The van der Waals surface area contributed by atoms with Crippen LogP contribution in [-0.2, 0) is 0 Å². The molecule has 1 aromatic carbocycles. The van der Waals surface area contributed by atoms with E-state index in [4.69, 9.17) is 4.42 Å². The zero-order chi connectivity index (χ0) is 9.26. The zero-order valence-electron chi connectivity index (χ0n) is 6.86. The molecular formula is C8H6BrClN2O2. The van der Waals surface area contributed by atoms with Gasteiger partial charge in [0.05, 0.1) is 0 Å². The van der Waals surface area contributed by atoms with Crippen molar-refractivity contribution in [3.05, 3.63) is 39.3 Å². The number of aromatic nitrogens is 2. The van der Waals surface area contributed by atoms with Crippen molar-refractivity contribution in [2.24, 2.45) is 0 Å². The second kappa shape index (κ2) is 4.43. The van der Waals surface area contributed by atoms with Crippen molar-refractivity contribution in [3.63, 3.8) is 0 Å². The summed E-state index contributed by atoms with van der Waals surface area (Å²) >= 11 is 3.30. The van der Waals surface area contributed by atoms with Crippen LogP contribution in [0.15, 0.2) is 37.9 Å². The molecule has 0 aliphatic carbocycles. The van der Waals surface area contributed by atoms with E-state index in [9.17, 15) is 4.79 Å². The summed E-state index contributed by atoms with van der Waals surface area (Å²) in [6.07, 6.45) is 0. The zero-order valence-corrected chi connectivity index (χ0v) is 9.26. The Morgan fingerprint density at radius 2 is 1.93 bits per heavy atom. The van der Waals surface area contributed by atoms with E-state index < -0.39 is 5.76 Å². The van der Waals surface area contributed by atoms with Gasteiger partial charge in [-0.1, -0.05) is 15.9 Å². The highest BCUT2D eigenvalue weighted by Gasteiger charge is 2.03. The largest absolute Gasteiger partial charge is 0.434 e. The van der Waals surface area contributed by atoms with Gasteiger partial charge in [-0.3, -0.25) is 0 Å². The summed E-state index contributed by atoms with van der Waals surface area (Å²) < 4.78 is 5.74. The van der Waals surface area contributed by atoms with Gasteiger partial charge in [-0.2, -0.15) is 0 Å². The van der Waals surface area contributed by atoms with Crippen LogP contribution in [0.25, 0.3) is 11.5 Å². The maximum atomic E-state index is 10.6. The lowest BCUT2D eigenvalue weighted by Gasteiger charge is -1.92. The summed E-state index contributed by atoms with van der Waals surface area (Å²) in [5.74, 6) is -0.240. The van der Waals surface area contributed by atoms with Crippen LogP contribution in [0, 0.1) is 0 Å². The Kier molecular flexibility index (Phi) is 3.49. The molecule has 0 saturated carbocycles. The van der Waals surface area contributed by atoms with Crippen molar-refractivity contribution in [1.29, 1.82) is 0 Å². The third-order valence-corrected chi connectivity index (χ3v) is 2.06. The summed E-state index contributed by atoms with van der Waals surface area (Å²) in [4.78, 5) is 10.6. The highest BCUT2D eigenvalue weighted by atomic mass is 79.9. The molecule has 0 amide bonds. The smallest absolute Gasteiger partial charge is 0.388 e. The van der Waals surface area contributed by atoms with E-state index in [-0.39, 0.29) is 12.4 Å². The lowest BCUT2D eigenvalue weighted by molar-refractivity contribution is 0.527. The van der Waals surface area contributed by atoms with Gasteiger partial charge < -0.3 is 4.42 Å². The number of hydrogen-bond acceptors (Lipinski definition) is 3. The summed E-state index contributed by atoms with van der Waals surface area (Å²) in [5.41, 5.74) is 0.765. The fourth-order valence-electron chi connectivity index (χ4n) is 0.946. The van der Waals surface area contributed by atoms with Crippen LogP contribution in [0.2, 0.25) is 0 Å². The molecule has 6 heteroatoms. The average molecular weight is 278 g/mol. The molecule has 0 fully saturated rings. The molecule has 0 aliphatic heterocycles. The van der Waals surface area contributed by atoms with Gasteiger partial charge in [0.1, 0.15) is 0 Å². The SMILES string of the molecule is Cl.O=c1[nH]nc(-c2ccc(Br)cc2)o1. The molecule has 1 heterocycles. The second-order valence-electron chi connectivity index (χ2n) is 2.43. The Hall–Kier alpha value is -1.07. The first-order chi connectivity index (χ1) is 6.25. The van der Waals surface area contributed by atoms with Crippen LogP contribution in [0.5, 0.6) is 0 Å². The van der Waals surface area contributed by atoms with Crippen LogP contribution in [0.3, 0.4) is 0 Å². The van der Waals surface area contributed by atoms with Gasteiger partial charge in [0.2, 0.25) is 5.89 Å². The number of nitrogens with one attached hydrogen (secondary N) is 1. The van der Waals surface area contributed by atoms with Gasteiger partial charge >= 0.3 is 5.76 Å². The lowest BCUT2D eigenvalue weighted by atomic mass is 10.2. The molecule has 74 valence electrons. The van der Waals surface area contributed by atoms with Gasteiger partial charge in [-0.05, 0) is 24.3 Å². The van der Waals surface area contributed by atoms with Gasteiger partial charge in [-0.25, -0.2) is 9.89 Å². The molecule has 14 heavy (non-hydrogen) atoms. The van der Waals surface area contributed by atoms with Crippen molar-refractivity contribution < 1.29 is 4.42 Å². The second-order valence-corrected chi connectivity index (χ2v) is 3.34. The monoisotopic (exact) mass is 276 g/mol. The Balaban J connectivity index is 0.000000980. The van der Waals surface area contributed by atoms with Gasteiger partial charge in [0.25, 0.3) is 0 Å². The first-order valence-corrected chi connectivity index (χ1v) is 4.36. The molecule has 0 atom stereocenters. The Bertz CT molecular complexity index is 463. The first kappa shape index (κ1) is 11.0. The summed E-state index contributed by atoms with van der Waals surface area (Å²) in [6.45, 7) is 0. The van der Waals surface area contributed by atoms with Gasteiger partial charge in [-0.15, -0.1) is 17.5 Å². The average Bonchev–Trinajstić information content (AvgIpc) is 2.53. The molecular weight excluding hydrogens is 271 g/mol. The normalized spacial score (nSPS) is 9.50. The number of halogens is 2. The molecule has 0 spiro atoms. The molecule has 1 N–H and O–H groups in total. The van der Waals surface area contributed by atoms with Crippen LogP contribution in [-0.4, -0.2) is 10.2 Å². The molecule has 2 aromatic rings. The van der Waals surface area contributed by atoms with E-state index in [1.165, 1.54) is 0 Å². The highest BCUT2D eigenvalue weighted by Crippen LogP contribution is 2.17. The third kappa shape index (κ3) is 2.24. The Labute approximate surface area is 93.9 Å². The molecule has 0 saturated heterocycles. The van der Waals surface area contributed by atoms with Crippen molar-refractivity contribution in [2.45, 2.75) is 0 Å². The van der Waals surface area contributed by atoms with Crippen LogP contribution in [0.4, 0.5) is 0 Å². The lowest BCUT2D eigenvalue weighted by Crippen LogP contribution is -1.93. The Morgan fingerprint density at radius 1 is 1.29 bits per heavy atom. The predicted octanol–water partition coefficient (Wildman–Crippen LogP) is 2.21. The topological polar surface area (TPSA) is 58.9 Å². The van der Waals surface area contributed by atoms with E-state index in [1.54, 1.807) is 0 Å². The number of H-pyrrole nitrogens is 1. The first-order valence-electron chi connectivity index (χ1n) is 3.57. The number of hydrogen-bond donors (Lipinski definition) is 1. The molecule has 0 radical (unpaired) electrons. The minimum absolute atomic E-state index is 0.